The van der Waals surface area contributed by atoms with Crippen LogP contribution in [0.4, 0.5) is 0 Å². The summed E-state index contributed by atoms with van der Waals surface area (Å²) >= 11 is 0. The van der Waals surface area contributed by atoms with Gasteiger partial charge in [-0.1, -0.05) is 36.4 Å². The van der Waals surface area contributed by atoms with Crippen LogP contribution in [0.2, 0.25) is 0 Å². The number of carbonyl (C=O) groups excluding carboxylic acids is 1. The Morgan fingerprint density at radius 3 is 2.81 bits per heavy atom. The molecule has 1 aromatic heterocycles. The third-order valence-corrected chi connectivity index (χ3v) is 5.00. The second-order valence-corrected chi connectivity index (χ2v) is 6.69. The van der Waals surface area contributed by atoms with E-state index in [0.717, 1.165) is 24.0 Å². The molecule has 5 heteroatoms. The van der Waals surface area contributed by atoms with Crippen molar-refractivity contribution in [1.29, 1.82) is 0 Å². The smallest absolute Gasteiger partial charge is 0.253 e. The third kappa shape index (κ3) is 3.02. The van der Waals surface area contributed by atoms with Crippen molar-refractivity contribution < 1.29 is 9.90 Å². The molecule has 1 aliphatic rings. The zero-order chi connectivity index (χ0) is 18.0. The van der Waals surface area contributed by atoms with Crippen molar-refractivity contribution in [3.8, 4) is 5.69 Å². The first-order valence-electron chi connectivity index (χ1n) is 8.85. The monoisotopic (exact) mass is 347 g/mol. The molecule has 0 saturated carbocycles. The summed E-state index contributed by atoms with van der Waals surface area (Å²) in [6.07, 6.45) is 6.00. The Kier molecular flexibility index (Phi) is 4.31. The van der Waals surface area contributed by atoms with Gasteiger partial charge in [-0.3, -0.25) is 4.79 Å². The number of benzene rings is 2. The van der Waals surface area contributed by atoms with Gasteiger partial charge < -0.3 is 10.4 Å². The summed E-state index contributed by atoms with van der Waals surface area (Å²) in [5.41, 5.74) is 2.31. The summed E-state index contributed by atoms with van der Waals surface area (Å²) in [5, 5.41) is 18.3. The first-order valence-corrected chi connectivity index (χ1v) is 8.85. The Labute approximate surface area is 152 Å². The van der Waals surface area contributed by atoms with Crippen molar-refractivity contribution in [3.05, 3.63) is 83.7 Å². The van der Waals surface area contributed by atoms with E-state index in [-0.39, 0.29) is 12.5 Å². The van der Waals surface area contributed by atoms with Crippen LogP contribution in [-0.4, -0.2) is 27.3 Å². The molecule has 132 valence electrons. The molecule has 1 atom stereocenters. The summed E-state index contributed by atoms with van der Waals surface area (Å²) in [6, 6.07) is 17.1. The maximum Gasteiger partial charge on any atom is 0.253 e. The fourth-order valence-electron chi connectivity index (χ4n) is 3.68. The highest BCUT2D eigenvalue weighted by Crippen LogP contribution is 2.34. The molecule has 1 amide bonds. The molecule has 2 aromatic carbocycles. The number of nitrogens with zero attached hydrogens (tertiary/aromatic N) is 2. The fraction of sp³-hybridized carbons (Fsp3) is 0.238. The molecule has 0 saturated heterocycles. The van der Waals surface area contributed by atoms with Gasteiger partial charge in [0.25, 0.3) is 5.91 Å². The number of aliphatic hydroxyl groups is 1. The number of hydrogen-bond donors (Lipinski definition) is 2. The highest BCUT2D eigenvalue weighted by atomic mass is 16.3. The van der Waals surface area contributed by atoms with E-state index < -0.39 is 5.60 Å². The Hall–Kier alpha value is -2.92. The molecule has 0 radical (unpaired) electrons. The van der Waals surface area contributed by atoms with Gasteiger partial charge in [-0.25, -0.2) is 4.68 Å². The van der Waals surface area contributed by atoms with Crippen molar-refractivity contribution in [2.45, 2.75) is 24.9 Å². The zero-order valence-corrected chi connectivity index (χ0v) is 14.4. The lowest BCUT2D eigenvalue weighted by Crippen LogP contribution is -2.43. The summed E-state index contributed by atoms with van der Waals surface area (Å²) < 4.78 is 1.67. The van der Waals surface area contributed by atoms with Crippen LogP contribution in [0.25, 0.3) is 5.69 Å². The van der Waals surface area contributed by atoms with Gasteiger partial charge in [0, 0.05) is 12.4 Å². The second kappa shape index (κ2) is 6.77. The van der Waals surface area contributed by atoms with Gasteiger partial charge in [-0.15, -0.1) is 0 Å². The Bertz CT molecular complexity index is 921. The first-order chi connectivity index (χ1) is 12.7. The summed E-state index contributed by atoms with van der Waals surface area (Å²) in [7, 11) is 0. The van der Waals surface area contributed by atoms with Crippen LogP contribution in [0.3, 0.4) is 0 Å². The van der Waals surface area contributed by atoms with Crippen LogP contribution in [0, 0.1) is 0 Å². The quantitative estimate of drug-likeness (QED) is 0.763. The second-order valence-electron chi connectivity index (χ2n) is 6.69. The van der Waals surface area contributed by atoms with Gasteiger partial charge in [0.2, 0.25) is 0 Å². The van der Waals surface area contributed by atoms with Gasteiger partial charge >= 0.3 is 0 Å². The molecule has 0 bridgehead atoms. The van der Waals surface area contributed by atoms with Crippen molar-refractivity contribution in [1.82, 2.24) is 15.1 Å². The lowest BCUT2D eigenvalue weighted by atomic mass is 9.79. The SMILES string of the molecule is O=C(NCC1(O)CCCc2ccccc21)c1ccccc1-n1cccn1. The maximum atomic E-state index is 12.8. The summed E-state index contributed by atoms with van der Waals surface area (Å²) in [4.78, 5) is 12.8. The average Bonchev–Trinajstić information content (AvgIpc) is 3.21. The van der Waals surface area contributed by atoms with Gasteiger partial charge in [-0.2, -0.15) is 5.10 Å². The van der Waals surface area contributed by atoms with Crippen molar-refractivity contribution in [2.75, 3.05) is 6.54 Å². The molecular formula is C21H21N3O2. The van der Waals surface area contributed by atoms with E-state index >= 15 is 0 Å². The van der Waals surface area contributed by atoms with E-state index in [1.165, 1.54) is 0 Å². The standard InChI is InChI=1S/C21H21N3O2/c25-20(17-9-2-4-11-19(17)24-14-6-13-23-24)22-15-21(26)12-5-8-16-7-1-3-10-18(16)21/h1-4,6-7,9-11,13-14,26H,5,8,12,15H2,(H,22,25). The molecule has 1 unspecified atom stereocenters. The molecule has 0 fully saturated rings. The molecule has 26 heavy (non-hydrogen) atoms. The minimum atomic E-state index is -1.02. The van der Waals surface area contributed by atoms with Crippen molar-refractivity contribution >= 4 is 5.91 Å². The van der Waals surface area contributed by atoms with E-state index in [4.69, 9.17) is 0 Å². The molecule has 1 heterocycles. The van der Waals surface area contributed by atoms with E-state index in [9.17, 15) is 9.90 Å². The van der Waals surface area contributed by atoms with Gasteiger partial charge in [0.05, 0.1) is 17.8 Å². The van der Waals surface area contributed by atoms with Crippen LogP contribution in [0.1, 0.15) is 34.3 Å². The molecule has 5 nitrogen and oxygen atoms in total. The number of fused-ring (bicyclic) bond motifs is 1. The van der Waals surface area contributed by atoms with Crippen LogP contribution in [0.15, 0.2) is 67.0 Å². The lowest BCUT2D eigenvalue weighted by Gasteiger charge is -2.34. The number of hydrogen-bond acceptors (Lipinski definition) is 3. The maximum absolute atomic E-state index is 12.8. The summed E-state index contributed by atoms with van der Waals surface area (Å²) in [6.45, 7) is 0.191. The predicted molar refractivity (Wildman–Crippen MR) is 99.2 cm³/mol. The Balaban J connectivity index is 1.56. The normalized spacial score (nSPS) is 19.0. The van der Waals surface area contributed by atoms with E-state index in [2.05, 4.69) is 10.4 Å². The highest BCUT2D eigenvalue weighted by molar-refractivity contribution is 5.97. The topological polar surface area (TPSA) is 67.2 Å². The summed E-state index contributed by atoms with van der Waals surface area (Å²) in [5.74, 6) is -0.215. The van der Waals surface area contributed by atoms with E-state index in [0.29, 0.717) is 17.7 Å². The average molecular weight is 347 g/mol. The number of aryl methyl sites for hydroxylation is 1. The number of carbonyl (C=O) groups is 1. The highest BCUT2D eigenvalue weighted by Gasteiger charge is 2.34. The van der Waals surface area contributed by atoms with Crippen LogP contribution < -0.4 is 5.32 Å². The number of amides is 1. The molecular weight excluding hydrogens is 326 g/mol. The largest absolute Gasteiger partial charge is 0.383 e. The van der Waals surface area contributed by atoms with E-state index in [1.54, 1.807) is 23.1 Å². The van der Waals surface area contributed by atoms with Crippen molar-refractivity contribution in [3.63, 3.8) is 0 Å². The fourth-order valence-corrected chi connectivity index (χ4v) is 3.68. The molecule has 0 spiro atoms. The van der Waals surface area contributed by atoms with Crippen LogP contribution in [0.5, 0.6) is 0 Å². The van der Waals surface area contributed by atoms with E-state index in [1.807, 2.05) is 48.5 Å². The molecule has 1 aliphatic carbocycles. The number of para-hydroxylation sites is 1. The van der Waals surface area contributed by atoms with Crippen molar-refractivity contribution in [2.24, 2.45) is 0 Å². The van der Waals surface area contributed by atoms with Gasteiger partial charge in [0.1, 0.15) is 5.60 Å². The number of aromatic nitrogens is 2. The molecule has 2 N–H and O–H groups in total. The van der Waals surface area contributed by atoms with Gasteiger partial charge in [-0.05, 0) is 48.6 Å². The van der Waals surface area contributed by atoms with Crippen LogP contribution >= 0.6 is 0 Å². The minimum absolute atomic E-state index is 0.191. The number of rotatable bonds is 4. The molecule has 0 aliphatic heterocycles. The lowest BCUT2D eigenvalue weighted by molar-refractivity contribution is 0.0189. The minimum Gasteiger partial charge on any atom is -0.383 e. The molecule has 4 rings (SSSR count). The number of nitrogens with one attached hydrogen (secondary N) is 1. The predicted octanol–water partition coefficient (Wildman–Crippen LogP) is 2.83. The Morgan fingerprint density at radius 1 is 1.15 bits per heavy atom. The Morgan fingerprint density at radius 2 is 1.96 bits per heavy atom. The van der Waals surface area contributed by atoms with Gasteiger partial charge in [0.15, 0.2) is 0 Å². The molecule has 3 aromatic rings. The third-order valence-electron chi connectivity index (χ3n) is 5.00. The zero-order valence-electron chi connectivity index (χ0n) is 14.4. The van der Waals surface area contributed by atoms with Crippen LogP contribution in [-0.2, 0) is 12.0 Å². The first kappa shape index (κ1) is 16.5.